The standard InChI is InChI=1S/C21H22Cl2N4OS/c1-14(25-20(28)12-29-21-26-24-13-27(21)2)19(16-5-9-18(23)10-6-16)11-15-3-7-17(22)8-4-15/h3-10,13-14,19H,11-12H2,1-2H3,(H,25,28). The van der Waals surface area contributed by atoms with Gasteiger partial charge in [0.2, 0.25) is 5.91 Å². The molecule has 1 N–H and O–H groups in total. The van der Waals surface area contributed by atoms with Crippen LogP contribution in [0.15, 0.2) is 60.0 Å². The molecule has 5 nitrogen and oxygen atoms in total. The van der Waals surface area contributed by atoms with Crippen LogP contribution in [0.1, 0.15) is 24.0 Å². The lowest BCUT2D eigenvalue weighted by molar-refractivity contribution is -0.119. The summed E-state index contributed by atoms with van der Waals surface area (Å²) in [4.78, 5) is 12.5. The van der Waals surface area contributed by atoms with Crippen molar-refractivity contribution < 1.29 is 4.79 Å². The minimum absolute atomic E-state index is 0.0411. The Labute approximate surface area is 184 Å². The van der Waals surface area contributed by atoms with Crippen LogP contribution in [0.25, 0.3) is 0 Å². The van der Waals surface area contributed by atoms with Gasteiger partial charge in [-0.25, -0.2) is 0 Å². The third kappa shape index (κ3) is 6.23. The van der Waals surface area contributed by atoms with Crippen LogP contribution in [0, 0.1) is 0 Å². The zero-order valence-electron chi connectivity index (χ0n) is 16.2. The highest BCUT2D eigenvalue weighted by atomic mass is 35.5. The van der Waals surface area contributed by atoms with Crippen LogP contribution >= 0.6 is 35.0 Å². The van der Waals surface area contributed by atoms with Crippen LogP contribution in [0.5, 0.6) is 0 Å². The molecular formula is C21H22Cl2N4OS. The molecule has 0 saturated carbocycles. The molecule has 3 aromatic rings. The largest absolute Gasteiger partial charge is 0.352 e. The number of halogens is 2. The molecule has 0 radical (unpaired) electrons. The van der Waals surface area contributed by atoms with Crippen molar-refractivity contribution in [3.8, 4) is 0 Å². The molecule has 0 aliphatic rings. The van der Waals surface area contributed by atoms with Crippen LogP contribution in [-0.4, -0.2) is 32.5 Å². The first kappa shape index (κ1) is 21.7. The van der Waals surface area contributed by atoms with Gasteiger partial charge in [0.15, 0.2) is 5.16 Å². The van der Waals surface area contributed by atoms with Gasteiger partial charge in [-0.1, -0.05) is 59.2 Å². The molecule has 8 heteroatoms. The number of nitrogens with zero attached hydrogens (tertiary/aromatic N) is 3. The molecule has 0 aliphatic heterocycles. The Morgan fingerprint density at radius 1 is 1.10 bits per heavy atom. The molecule has 29 heavy (non-hydrogen) atoms. The van der Waals surface area contributed by atoms with Gasteiger partial charge in [-0.3, -0.25) is 4.79 Å². The quantitative estimate of drug-likeness (QED) is 0.505. The minimum Gasteiger partial charge on any atom is -0.352 e. The topological polar surface area (TPSA) is 59.8 Å². The lowest BCUT2D eigenvalue weighted by Gasteiger charge is -2.26. The van der Waals surface area contributed by atoms with E-state index in [-0.39, 0.29) is 23.6 Å². The Morgan fingerprint density at radius 3 is 2.31 bits per heavy atom. The van der Waals surface area contributed by atoms with E-state index < -0.39 is 0 Å². The van der Waals surface area contributed by atoms with E-state index in [1.807, 2.05) is 62.5 Å². The highest BCUT2D eigenvalue weighted by Crippen LogP contribution is 2.27. The van der Waals surface area contributed by atoms with Crippen molar-refractivity contribution in [1.29, 1.82) is 0 Å². The summed E-state index contributed by atoms with van der Waals surface area (Å²) in [5.74, 6) is 0.336. The fraction of sp³-hybridized carbons (Fsp3) is 0.286. The molecule has 1 amide bonds. The molecule has 152 valence electrons. The number of hydrogen-bond donors (Lipinski definition) is 1. The smallest absolute Gasteiger partial charge is 0.230 e. The number of benzene rings is 2. The first-order chi connectivity index (χ1) is 13.9. The van der Waals surface area contributed by atoms with Gasteiger partial charge in [0.05, 0.1) is 5.75 Å². The number of hydrogen-bond acceptors (Lipinski definition) is 4. The SMILES string of the molecule is CC(NC(=O)CSc1nncn1C)C(Cc1ccc(Cl)cc1)c1ccc(Cl)cc1. The van der Waals surface area contributed by atoms with Crippen molar-refractivity contribution in [2.75, 3.05) is 5.75 Å². The summed E-state index contributed by atoms with van der Waals surface area (Å²) < 4.78 is 1.79. The van der Waals surface area contributed by atoms with Crippen molar-refractivity contribution in [3.63, 3.8) is 0 Å². The zero-order chi connectivity index (χ0) is 20.8. The Balaban J connectivity index is 1.70. The van der Waals surface area contributed by atoms with Crippen LogP contribution in [0.2, 0.25) is 10.0 Å². The van der Waals surface area contributed by atoms with Crippen LogP contribution in [-0.2, 0) is 18.3 Å². The number of carbonyl (C=O) groups excluding carboxylic acids is 1. The monoisotopic (exact) mass is 448 g/mol. The van der Waals surface area contributed by atoms with Crippen molar-refractivity contribution in [2.45, 2.75) is 30.5 Å². The number of rotatable bonds is 8. The number of thioether (sulfide) groups is 1. The fourth-order valence-electron chi connectivity index (χ4n) is 3.10. The van der Waals surface area contributed by atoms with Gasteiger partial charge in [-0.15, -0.1) is 10.2 Å². The highest BCUT2D eigenvalue weighted by molar-refractivity contribution is 7.99. The Kier molecular flexibility index (Phi) is 7.58. The van der Waals surface area contributed by atoms with Crippen molar-refractivity contribution in [2.24, 2.45) is 7.05 Å². The first-order valence-electron chi connectivity index (χ1n) is 9.18. The number of carbonyl (C=O) groups is 1. The summed E-state index contributed by atoms with van der Waals surface area (Å²) in [6, 6.07) is 15.5. The lowest BCUT2D eigenvalue weighted by atomic mass is 9.86. The van der Waals surface area contributed by atoms with Crippen molar-refractivity contribution >= 4 is 40.9 Å². The van der Waals surface area contributed by atoms with E-state index in [1.54, 1.807) is 10.9 Å². The second-order valence-corrected chi connectivity index (χ2v) is 8.67. The van der Waals surface area contributed by atoms with Crippen molar-refractivity contribution in [3.05, 3.63) is 76.0 Å². The van der Waals surface area contributed by atoms with E-state index >= 15 is 0 Å². The predicted molar refractivity (Wildman–Crippen MR) is 119 cm³/mol. The molecule has 0 aliphatic carbocycles. The molecule has 1 heterocycles. The van der Waals surface area contributed by atoms with E-state index in [1.165, 1.54) is 11.8 Å². The molecule has 2 aromatic carbocycles. The minimum atomic E-state index is -0.0700. The predicted octanol–water partition coefficient (Wildman–Crippen LogP) is 4.75. The molecule has 3 rings (SSSR count). The van der Waals surface area contributed by atoms with E-state index in [0.717, 1.165) is 17.5 Å². The van der Waals surface area contributed by atoms with Crippen molar-refractivity contribution in [1.82, 2.24) is 20.1 Å². The number of amides is 1. The molecule has 0 bridgehead atoms. The average Bonchev–Trinajstić information content (AvgIpc) is 3.11. The van der Waals surface area contributed by atoms with E-state index in [2.05, 4.69) is 15.5 Å². The van der Waals surface area contributed by atoms with E-state index in [0.29, 0.717) is 15.2 Å². The molecule has 1 aromatic heterocycles. The third-order valence-electron chi connectivity index (χ3n) is 4.66. The Morgan fingerprint density at radius 2 is 1.72 bits per heavy atom. The maximum absolute atomic E-state index is 12.5. The fourth-order valence-corrected chi connectivity index (χ4v) is 4.05. The van der Waals surface area contributed by atoms with Gasteiger partial charge in [-0.2, -0.15) is 0 Å². The highest BCUT2D eigenvalue weighted by Gasteiger charge is 2.22. The van der Waals surface area contributed by atoms with E-state index in [9.17, 15) is 4.79 Å². The Hall–Kier alpha value is -2.02. The van der Waals surface area contributed by atoms with Gasteiger partial charge in [0.1, 0.15) is 6.33 Å². The maximum atomic E-state index is 12.5. The number of nitrogens with one attached hydrogen (secondary N) is 1. The van der Waals surface area contributed by atoms with Crippen LogP contribution in [0.3, 0.4) is 0 Å². The van der Waals surface area contributed by atoms with Gasteiger partial charge < -0.3 is 9.88 Å². The number of aryl methyl sites for hydroxylation is 1. The maximum Gasteiger partial charge on any atom is 0.230 e. The Bertz CT molecular complexity index is 944. The summed E-state index contributed by atoms with van der Waals surface area (Å²) in [5, 5.41) is 13.1. The normalized spacial score (nSPS) is 13.1. The summed E-state index contributed by atoms with van der Waals surface area (Å²) in [7, 11) is 1.85. The average molecular weight is 449 g/mol. The van der Waals surface area contributed by atoms with Gasteiger partial charge >= 0.3 is 0 Å². The van der Waals surface area contributed by atoms with E-state index in [4.69, 9.17) is 23.2 Å². The van der Waals surface area contributed by atoms with Gasteiger partial charge in [0, 0.05) is 29.1 Å². The van der Waals surface area contributed by atoms with Gasteiger partial charge in [-0.05, 0) is 48.7 Å². The first-order valence-corrected chi connectivity index (χ1v) is 10.9. The van der Waals surface area contributed by atoms with Crippen LogP contribution < -0.4 is 5.32 Å². The molecule has 2 atom stereocenters. The summed E-state index contributed by atoms with van der Waals surface area (Å²) in [5.41, 5.74) is 2.28. The molecule has 0 saturated heterocycles. The molecule has 0 fully saturated rings. The second-order valence-electron chi connectivity index (χ2n) is 6.86. The summed E-state index contributed by atoms with van der Waals surface area (Å²) >= 11 is 13.4. The molecule has 0 spiro atoms. The molecular weight excluding hydrogens is 427 g/mol. The molecule has 2 unspecified atom stereocenters. The number of aromatic nitrogens is 3. The second kappa shape index (κ2) is 10.1. The zero-order valence-corrected chi connectivity index (χ0v) is 18.5. The van der Waals surface area contributed by atoms with Crippen LogP contribution in [0.4, 0.5) is 0 Å². The summed E-state index contributed by atoms with van der Waals surface area (Å²) in [6.45, 7) is 2.03. The van der Waals surface area contributed by atoms with Gasteiger partial charge in [0.25, 0.3) is 0 Å². The summed E-state index contributed by atoms with van der Waals surface area (Å²) in [6.07, 6.45) is 2.39. The third-order valence-corrected chi connectivity index (χ3v) is 6.20. The lowest BCUT2D eigenvalue weighted by Crippen LogP contribution is -2.38.